The van der Waals surface area contributed by atoms with Crippen LogP contribution >= 0.6 is 0 Å². The molecule has 0 fully saturated rings. The average Bonchev–Trinajstić information content (AvgIpc) is 2.72. The summed E-state index contributed by atoms with van der Waals surface area (Å²) in [4.78, 5) is 6.51. The Balaban J connectivity index is 2.36. The lowest BCUT2D eigenvalue weighted by Gasteiger charge is -2.08. The molecule has 0 amide bonds. The molecule has 16 heavy (non-hydrogen) atoms. The normalized spacial score (nSPS) is 11.4. The fourth-order valence-electron chi connectivity index (χ4n) is 1.47. The Morgan fingerprint density at radius 3 is 3.06 bits per heavy atom. The number of aliphatic imine (C=N–C) groups is 1. The number of fused-ring (bicyclic) bond motifs is 1. The average molecular weight is 216 g/mol. The maximum Gasteiger partial charge on any atom is 0.0909 e. The molecular weight excluding hydrogens is 200 g/mol. The van der Waals surface area contributed by atoms with Gasteiger partial charge in [0.25, 0.3) is 0 Å². The van der Waals surface area contributed by atoms with Crippen LogP contribution in [-0.4, -0.2) is 35.0 Å². The number of aryl methyl sites for hydroxylation is 1. The molecule has 0 aliphatic carbocycles. The van der Waals surface area contributed by atoms with Crippen molar-refractivity contribution in [2.75, 3.05) is 13.6 Å². The SMILES string of the molecule is CCN(C)C=Nc1cc2cn[nH]c2cc1C. The molecule has 0 saturated carbocycles. The highest BCUT2D eigenvalue weighted by atomic mass is 15.1. The van der Waals surface area contributed by atoms with Crippen LogP contribution in [0.1, 0.15) is 12.5 Å². The van der Waals surface area contributed by atoms with E-state index in [4.69, 9.17) is 0 Å². The van der Waals surface area contributed by atoms with Gasteiger partial charge in [0.2, 0.25) is 0 Å². The highest BCUT2D eigenvalue weighted by Gasteiger charge is 2.01. The zero-order valence-corrected chi connectivity index (χ0v) is 9.86. The summed E-state index contributed by atoms with van der Waals surface area (Å²) >= 11 is 0. The lowest BCUT2D eigenvalue weighted by molar-refractivity contribution is 0.552. The molecule has 0 bridgehead atoms. The third-order valence-corrected chi connectivity index (χ3v) is 2.65. The van der Waals surface area contributed by atoms with Crippen molar-refractivity contribution >= 4 is 22.9 Å². The number of nitrogens with one attached hydrogen (secondary N) is 1. The van der Waals surface area contributed by atoms with Crippen molar-refractivity contribution in [1.29, 1.82) is 0 Å². The van der Waals surface area contributed by atoms with E-state index < -0.39 is 0 Å². The molecule has 4 heteroatoms. The first-order chi connectivity index (χ1) is 7.70. The van der Waals surface area contributed by atoms with E-state index in [-0.39, 0.29) is 0 Å². The maximum atomic E-state index is 4.47. The second-order valence-electron chi connectivity index (χ2n) is 3.91. The first-order valence-electron chi connectivity index (χ1n) is 5.39. The monoisotopic (exact) mass is 216 g/mol. The third-order valence-electron chi connectivity index (χ3n) is 2.65. The molecule has 0 aliphatic heterocycles. The van der Waals surface area contributed by atoms with Gasteiger partial charge in [-0.2, -0.15) is 5.10 Å². The number of hydrogen-bond donors (Lipinski definition) is 1. The number of aromatic amines is 1. The largest absolute Gasteiger partial charge is 0.366 e. The first-order valence-corrected chi connectivity index (χ1v) is 5.39. The van der Waals surface area contributed by atoms with Gasteiger partial charge in [-0.1, -0.05) is 0 Å². The Labute approximate surface area is 95.0 Å². The van der Waals surface area contributed by atoms with Crippen molar-refractivity contribution in [2.45, 2.75) is 13.8 Å². The molecule has 0 saturated heterocycles. The Hall–Kier alpha value is -1.84. The van der Waals surface area contributed by atoms with Gasteiger partial charge in [0.05, 0.1) is 23.7 Å². The molecule has 1 N–H and O–H groups in total. The molecule has 84 valence electrons. The number of aromatic nitrogens is 2. The van der Waals surface area contributed by atoms with Crippen molar-refractivity contribution in [1.82, 2.24) is 15.1 Å². The van der Waals surface area contributed by atoms with Gasteiger partial charge in [0.15, 0.2) is 0 Å². The molecule has 1 aromatic carbocycles. The summed E-state index contributed by atoms with van der Waals surface area (Å²) in [5.74, 6) is 0. The van der Waals surface area contributed by atoms with Gasteiger partial charge in [0.1, 0.15) is 0 Å². The highest BCUT2D eigenvalue weighted by molar-refractivity contribution is 5.83. The Morgan fingerprint density at radius 2 is 2.31 bits per heavy atom. The van der Waals surface area contributed by atoms with Gasteiger partial charge < -0.3 is 4.90 Å². The summed E-state index contributed by atoms with van der Waals surface area (Å²) in [6.45, 7) is 5.10. The molecule has 1 aromatic heterocycles. The van der Waals surface area contributed by atoms with Crippen LogP contribution in [0.2, 0.25) is 0 Å². The van der Waals surface area contributed by atoms with E-state index in [0.29, 0.717) is 0 Å². The van der Waals surface area contributed by atoms with Crippen LogP contribution in [0.3, 0.4) is 0 Å². The van der Waals surface area contributed by atoms with Crippen molar-refractivity contribution < 1.29 is 0 Å². The molecule has 0 atom stereocenters. The molecule has 1 heterocycles. The van der Waals surface area contributed by atoms with Crippen molar-refractivity contribution in [3.8, 4) is 0 Å². The number of rotatable bonds is 3. The second-order valence-corrected chi connectivity index (χ2v) is 3.91. The van der Waals surface area contributed by atoms with Gasteiger partial charge >= 0.3 is 0 Å². The summed E-state index contributed by atoms with van der Waals surface area (Å²) < 4.78 is 0. The fourth-order valence-corrected chi connectivity index (χ4v) is 1.47. The smallest absolute Gasteiger partial charge is 0.0909 e. The van der Waals surface area contributed by atoms with Crippen LogP contribution in [0, 0.1) is 6.92 Å². The van der Waals surface area contributed by atoms with E-state index in [1.807, 2.05) is 30.5 Å². The number of hydrogen-bond acceptors (Lipinski definition) is 2. The maximum absolute atomic E-state index is 4.47. The standard InChI is InChI=1S/C12H16N4/c1-4-16(3)8-13-11-6-10-7-14-15-12(10)5-9(11)2/h5-8H,4H2,1-3H3,(H,14,15). The summed E-state index contributed by atoms with van der Waals surface area (Å²) in [6.07, 6.45) is 3.67. The van der Waals surface area contributed by atoms with Crippen LogP contribution in [0.15, 0.2) is 23.3 Å². The minimum atomic E-state index is 0.955. The summed E-state index contributed by atoms with van der Waals surface area (Å²) in [7, 11) is 2.01. The van der Waals surface area contributed by atoms with E-state index in [1.54, 1.807) is 0 Å². The van der Waals surface area contributed by atoms with Gasteiger partial charge in [-0.3, -0.25) is 5.10 Å². The third kappa shape index (κ3) is 2.05. The minimum Gasteiger partial charge on any atom is -0.366 e. The van der Waals surface area contributed by atoms with Crippen LogP contribution in [-0.2, 0) is 0 Å². The highest BCUT2D eigenvalue weighted by Crippen LogP contribution is 2.23. The number of benzene rings is 1. The molecule has 0 aliphatic rings. The predicted molar refractivity (Wildman–Crippen MR) is 67.3 cm³/mol. The minimum absolute atomic E-state index is 0.955. The van der Waals surface area contributed by atoms with Crippen LogP contribution < -0.4 is 0 Å². The topological polar surface area (TPSA) is 44.3 Å². The Bertz CT molecular complexity index is 513. The lowest BCUT2D eigenvalue weighted by atomic mass is 10.1. The van der Waals surface area contributed by atoms with Gasteiger partial charge in [-0.25, -0.2) is 4.99 Å². The van der Waals surface area contributed by atoms with E-state index >= 15 is 0 Å². The fraction of sp³-hybridized carbons (Fsp3) is 0.333. The predicted octanol–water partition coefficient (Wildman–Crippen LogP) is 2.48. The molecule has 2 rings (SSSR count). The summed E-state index contributed by atoms with van der Waals surface area (Å²) in [6, 6.07) is 4.12. The van der Waals surface area contributed by atoms with Crippen LogP contribution in [0.5, 0.6) is 0 Å². The zero-order chi connectivity index (χ0) is 11.5. The molecule has 0 spiro atoms. The van der Waals surface area contributed by atoms with E-state index in [2.05, 4.69) is 35.1 Å². The van der Waals surface area contributed by atoms with Crippen molar-refractivity contribution in [2.24, 2.45) is 4.99 Å². The molecule has 2 aromatic rings. The zero-order valence-electron chi connectivity index (χ0n) is 9.86. The molecule has 4 nitrogen and oxygen atoms in total. The molecule has 0 radical (unpaired) electrons. The Kier molecular flexibility index (Phi) is 2.90. The molecular formula is C12H16N4. The Morgan fingerprint density at radius 1 is 1.50 bits per heavy atom. The second kappa shape index (κ2) is 4.35. The summed E-state index contributed by atoms with van der Waals surface area (Å²) in [5, 5.41) is 8.05. The van der Waals surface area contributed by atoms with Crippen molar-refractivity contribution in [3.63, 3.8) is 0 Å². The number of nitrogens with zero attached hydrogens (tertiary/aromatic N) is 3. The van der Waals surface area contributed by atoms with E-state index in [9.17, 15) is 0 Å². The number of H-pyrrole nitrogens is 1. The summed E-state index contributed by atoms with van der Waals surface area (Å²) in [5.41, 5.74) is 3.20. The molecule has 0 unspecified atom stereocenters. The quantitative estimate of drug-likeness (QED) is 0.632. The van der Waals surface area contributed by atoms with Crippen molar-refractivity contribution in [3.05, 3.63) is 23.9 Å². The van der Waals surface area contributed by atoms with E-state index in [0.717, 1.165) is 28.7 Å². The van der Waals surface area contributed by atoms with Gasteiger partial charge in [0, 0.05) is 19.0 Å². The van der Waals surface area contributed by atoms with Crippen LogP contribution in [0.25, 0.3) is 10.9 Å². The van der Waals surface area contributed by atoms with Gasteiger partial charge in [-0.05, 0) is 31.5 Å². The van der Waals surface area contributed by atoms with E-state index in [1.165, 1.54) is 0 Å². The van der Waals surface area contributed by atoms with Gasteiger partial charge in [-0.15, -0.1) is 0 Å². The van der Waals surface area contributed by atoms with Crippen LogP contribution in [0.4, 0.5) is 5.69 Å². The first kappa shape index (κ1) is 10.7. The lowest BCUT2D eigenvalue weighted by Crippen LogP contribution is -2.14.